The molecule has 1 heterocycles. The number of hydrogen-bond donors (Lipinski definition) is 0. The van der Waals surface area contributed by atoms with Gasteiger partial charge in [-0.2, -0.15) is 13.2 Å². The van der Waals surface area contributed by atoms with Crippen molar-refractivity contribution in [3.8, 4) is 0 Å². The smallest absolute Gasteiger partial charge is 0.326 e. The number of Topliss-reactive ketones (excluding diaryl/α,β-unsaturated/α-hetero) is 1. The fourth-order valence-corrected chi connectivity index (χ4v) is 2.97. The van der Waals surface area contributed by atoms with E-state index in [1.807, 2.05) is 0 Å². The van der Waals surface area contributed by atoms with E-state index in [-0.39, 0.29) is 22.3 Å². The van der Waals surface area contributed by atoms with E-state index >= 15 is 0 Å². The molecule has 3 nitrogen and oxygen atoms in total. The Hall–Kier alpha value is -3.43. The van der Waals surface area contributed by atoms with Crippen molar-refractivity contribution >= 4 is 23.8 Å². The normalized spacial score (nSPS) is 17.5. The number of piperidine rings is 1. The van der Waals surface area contributed by atoms with Crippen LogP contribution in [0.4, 0.5) is 30.7 Å². The number of likely N-dealkylation sites (tertiary alicyclic amines) is 1. The Morgan fingerprint density at radius 1 is 0.774 bits per heavy atom. The maximum Gasteiger partial charge on any atom is 0.471 e. The zero-order valence-corrected chi connectivity index (χ0v) is 15.4. The van der Waals surface area contributed by atoms with Crippen LogP contribution in [0.1, 0.15) is 11.1 Å². The Morgan fingerprint density at radius 2 is 1.19 bits per heavy atom. The minimum atomic E-state index is -5.22. The Morgan fingerprint density at radius 3 is 1.55 bits per heavy atom. The summed E-state index contributed by atoms with van der Waals surface area (Å²) in [5.74, 6) is -7.79. The first-order valence-corrected chi connectivity index (χ1v) is 8.68. The molecule has 0 atom stereocenters. The van der Waals surface area contributed by atoms with Crippen LogP contribution in [0.5, 0.6) is 0 Å². The molecule has 0 N–H and O–H groups in total. The topological polar surface area (TPSA) is 37.4 Å². The fraction of sp³-hybridized carbons (Fsp3) is 0.143. The Labute approximate surface area is 171 Å². The molecule has 1 aliphatic heterocycles. The molecule has 0 saturated carbocycles. The van der Waals surface area contributed by atoms with Crippen LogP contribution in [0, 0.1) is 23.3 Å². The number of nitrogens with zero attached hydrogens (tertiary/aromatic N) is 1. The van der Waals surface area contributed by atoms with Gasteiger partial charge in [0.15, 0.2) is 29.1 Å². The van der Waals surface area contributed by atoms with E-state index in [0.717, 1.165) is 48.6 Å². The van der Waals surface area contributed by atoms with Gasteiger partial charge in [0.2, 0.25) is 0 Å². The lowest BCUT2D eigenvalue weighted by Gasteiger charge is -2.30. The highest BCUT2D eigenvalue weighted by molar-refractivity contribution is 6.15. The van der Waals surface area contributed by atoms with E-state index < -0.39 is 54.2 Å². The molecule has 0 aliphatic carbocycles. The number of alkyl halides is 3. The molecule has 31 heavy (non-hydrogen) atoms. The Balaban J connectivity index is 2.05. The summed E-state index contributed by atoms with van der Waals surface area (Å²) in [5.41, 5.74) is -0.640. The van der Waals surface area contributed by atoms with Crippen LogP contribution in [-0.2, 0) is 9.59 Å². The summed E-state index contributed by atoms with van der Waals surface area (Å²) < 4.78 is 91.9. The highest BCUT2D eigenvalue weighted by Gasteiger charge is 2.44. The first kappa shape index (κ1) is 22.3. The number of ketones is 1. The van der Waals surface area contributed by atoms with Gasteiger partial charge in [0, 0.05) is 11.1 Å². The van der Waals surface area contributed by atoms with Crippen LogP contribution in [0.3, 0.4) is 0 Å². The summed E-state index contributed by atoms with van der Waals surface area (Å²) in [7, 11) is 0. The molecule has 1 amide bonds. The Kier molecular flexibility index (Phi) is 6.01. The van der Waals surface area contributed by atoms with Gasteiger partial charge in [0.25, 0.3) is 0 Å². The van der Waals surface area contributed by atoms with Gasteiger partial charge in [-0.15, -0.1) is 0 Å². The molecule has 0 spiro atoms. The largest absolute Gasteiger partial charge is 0.471 e. The number of carbonyl (C=O) groups is 2. The molecule has 2 aromatic carbocycles. The second-order valence-electron chi connectivity index (χ2n) is 6.67. The molecule has 0 radical (unpaired) electrons. The molecule has 1 saturated heterocycles. The number of carbonyl (C=O) groups excluding carboxylic acids is 2. The first-order valence-electron chi connectivity index (χ1n) is 8.68. The summed E-state index contributed by atoms with van der Waals surface area (Å²) in [6.45, 7) is -1.46. The third-order valence-electron chi connectivity index (χ3n) is 4.40. The molecule has 0 unspecified atom stereocenters. The minimum Gasteiger partial charge on any atom is -0.326 e. The predicted octanol–water partition coefficient (Wildman–Crippen LogP) is 4.68. The predicted molar refractivity (Wildman–Crippen MR) is 96.3 cm³/mol. The van der Waals surface area contributed by atoms with Gasteiger partial charge < -0.3 is 4.90 Å². The highest BCUT2D eigenvalue weighted by Crippen LogP contribution is 2.27. The van der Waals surface area contributed by atoms with E-state index in [2.05, 4.69) is 0 Å². The SMILES string of the molecule is O=C1C(=Cc2ccc(F)c(F)c2)CN(C(=O)C(F)(F)F)CC1=Cc1ccc(F)c(F)c1. The van der Waals surface area contributed by atoms with Crippen LogP contribution in [0.15, 0.2) is 47.5 Å². The van der Waals surface area contributed by atoms with Gasteiger partial charge in [-0.25, -0.2) is 17.6 Å². The van der Waals surface area contributed by atoms with E-state index in [0.29, 0.717) is 4.90 Å². The van der Waals surface area contributed by atoms with E-state index in [9.17, 15) is 40.3 Å². The lowest BCUT2D eigenvalue weighted by atomic mass is 9.94. The van der Waals surface area contributed by atoms with Crippen molar-refractivity contribution < 1.29 is 40.3 Å². The van der Waals surface area contributed by atoms with Crippen LogP contribution in [0.2, 0.25) is 0 Å². The van der Waals surface area contributed by atoms with E-state index in [4.69, 9.17) is 0 Å². The molecule has 1 aliphatic rings. The molecule has 2 aromatic rings. The summed E-state index contributed by atoms with van der Waals surface area (Å²) in [4.78, 5) is 24.8. The zero-order chi connectivity index (χ0) is 22.9. The lowest BCUT2D eigenvalue weighted by molar-refractivity contribution is -0.184. The summed E-state index contributed by atoms with van der Waals surface area (Å²) >= 11 is 0. The van der Waals surface area contributed by atoms with Crippen molar-refractivity contribution in [2.75, 3.05) is 13.1 Å². The number of rotatable bonds is 2. The molecule has 1 fully saturated rings. The second kappa shape index (κ2) is 8.37. The summed E-state index contributed by atoms with van der Waals surface area (Å²) in [6.07, 6.45) is -3.17. The second-order valence-corrected chi connectivity index (χ2v) is 6.67. The fourth-order valence-electron chi connectivity index (χ4n) is 2.97. The van der Waals surface area contributed by atoms with Crippen LogP contribution in [-0.4, -0.2) is 35.9 Å². The summed E-state index contributed by atoms with van der Waals surface area (Å²) in [6, 6.07) is 5.21. The quantitative estimate of drug-likeness (QED) is 0.499. The number of benzene rings is 2. The standard InChI is InChI=1S/C21H12F7NO2/c22-15-3-1-11(7-17(15)24)5-13-9-29(20(31)21(26,27)28)10-14(19(13)30)6-12-2-4-16(23)18(25)8-12/h1-8H,9-10H2. The van der Waals surface area contributed by atoms with Crippen LogP contribution in [0.25, 0.3) is 12.2 Å². The zero-order valence-electron chi connectivity index (χ0n) is 15.4. The molecule has 0 bridgehead atoms. The summed E-state index contributed by atoms with van der Waals surface area (Å²) in [5, 5.41) is 0. The number of halogens is 7. The van der Waals surface area contributed by atoms with E-state index in [1.165, 1.54) is 0 Å². The van der Waals surface area contributed by atoms with E-state index in [1.54, 1.807) is 0 Å². The van der Waals surface area contributed by atoms with Crippen LogP contribution >= 0.6 is 0 Å². The average molecular weight is 443 g/mol. The van der Waals surface area contributed by atoms with Gasteiger partial charge >= 0.3 is 12.1 Å². The first-order chi connectivity index (χ1) is 14.5. The van der Waals surface area contributed by atoms with Crippen molar-refractivity contribution in [1.82, 2.24) is 4.90 Å². The molecular formula is C21H12F7NO2. The highest BCUT2D eigenvalue weighted by atomic mass is 19.4. The third-order valence-corrected chi connectivity index (χ3v) is 4.40. The van der Waals surface area contributed by atoms with Gasteiger partial charge in [-0.3, -0.25) is 9.59 Å². The lowest BCUT2D eigenvalue weighted by Crippen LogP contribution is -2.47. The average Bonchev–Trinajstić information content (AvgIpc) is 2.69. The van der Waals surface area contributed by atoms with Gasteiger partial charge in [-0.05, 0) is 47.5 Å². The maximum absolute atomic E-state index is 13.4. The van der Waals surface area contributed by atoms with Gasteiger partial charge in [0.05, 0.1) is 13.1 Å². The number of hydrogen-bond acceptors (Lipinski definition) is 2. The molecule has 162 valence electrons. The maximum atomic E-state index is 13.4. The van der Waals surface area contributed by atoms with Crippen molar-refractivity contribution in [3.05, 3.63) is 81.9 Å². The third kappa shape index (κ3) is 5.01. The van der Waals surface area contributed by atoms with Crippen LogP contribution < -0.4 is 0 Å². The van der Waals surface area contributed by atoms with Crippen molar-refractivity contribution in [1.29, 1.82) is 0 Å². The number of amides is 1. The molecular weight excluding hydrogens is 431 g/mol. The Bertz CT molecular complexity index is 1050. The monoisotopic (exact) mass is 443 g/mol. The van der Waals surface area contributed by atoms with Crippen molar-refractivity contribution in [2.24, 2.45) is 0 Å². The van der Waals surface area contributed by atoms with Gasteiger partial charge in [0.1, 0.15) is 0 Å². The van der Waals surface area contributed by atoms with Crippen molar-refractivity contribution in [2.45, 2.75) is 6.18 Å². The minimum absolute atomic E-state index is 0.0178. The molecule has 10 heteroatoms. The van der Waals surface area contributed by atoms with Crippen molar-refractivity contribution in [3.63, 3.8) is 0 Å². The molecule has 0 aromatic heterocycles. The molecule has 3 rings (SSSR count). The van der Waals surface area contributed by atoms with Gasteiger partial charge in [-0.1, -0.05) is 12.1 Å².